The summed E-state index contributed by atoms with van der Waals surface area (Å²) in [6.07, 6.45) is 0. The zero-order chi connectivity index (χ0) is 20.1. The second-order valence-electron chi connectivity index (χ2n) is 6.19. The number of carbonyl (C=O) groups excluding carboxylic acids is 2. The lowest BCUT2D eigenvalue weighted by atomic mass is 10.1. The molecule has 28 heavy (non-hydrogen) atoms. The van der Waals surface area contributed by atoms with Crippen molar-refractivity contribution in [2.75, 3.05) is 33.3 Å². The Kier molecular flexibility index (Phi) is 6.08. The molecule has 1 saturated heterocycles. The van der Waals surface area contributed by atoms with Crippen LogP contribution in [0.5, 0.6) is 11.5 Å². The van der Waals surface area contributed by atoms with Crippen molar-refractivity contribution in [3.63, 3.8) is 0 Å². The van der Waals surface area contributed by atoms with Crippen LogP contribution in [0.2, 0.25) is 0 Å². The Balaban J connectivity index is 1.63. The fourth-order valence-electron chi connectivity index (χ4n) is 3.04. The average Bonchev–Trinajstić information content (AvgIpc) is 2.73. The first-order valence-corrected chi connectivity index (χ1v) is 8.76. The molecule has 6 nitrogen and oxygen atoms in total. The number of methoxy groups -OCH3 is 1. The topological polar surface area (TPSA) is 59.1 Å². The van der Waals surface area contributed by atoms with E-state index in [0.717, 1.165) is 0 Å². The van der Waals surface area contributed by atoms with E-state index in [2.05, 4.69) is 4.74 Å². The Hall–Kier alpha value is -3.16. The SMILES string of the molecule is COc1ccc(C(=O)N2CCN(C(=O)c3ccccc3OC(F)F)CC2)cc1. The molecule has 2 amide bonds. The van der Waals surface area contributed by atoms with E-state index in [1.807, 2.05) is 0 Å². The Morgan fingerprint density at radius 1 is 0.893 bits per heavy atom. The summed E-state index contributed by atoms with van der Waals surface area (Å²) in [5.41, 5.74) is 0.619. The minimum atomic E-state index is -3.01. The zero-order valence-electron chi connectivity index (χ0n) is 15.3. The van der Waals surface area contributed by atoms with Gasteiger partial charge in [0, 0.05) is 31.7 Å². The van der Waals surface area contributed by atoms with E-state index in [1.165, 1.54) is 23.1 Å². The molecular weight excluding hydrogens is 370 g/mol. The van der Waals surface area contributed by atoms with E-state index in [4.69, 9.17) is 4.74 Å². The third-order valence-electron chi connectivity index (χ3n) is 4.52. The molecule has 148 valence electrons. The van der Waals surface area contributed by atoms with E-state index in [1.54, 1.807) is 42.3 Å². The zero-order valence-corrected chi connectivity index (χ0v) is 15.3. The summed E-state index contributed by atoms with van der Waals surface area (Å²) in [4.78, 5) is 28.5. The van der Waals surface area contributed by atoms with Gasteiger partial charge in [0.15, 0.2) is 0 Å². The van der Waals surface area contributed by atoms with Crippen LogP contribution in [0.25, 0.3) is 0 Å². The molecule has 2 aromatic rings. The molecule has 1 aliphatic rings. The van der Waals surface area contributed by atoms with Gasteiger partial charge in [0.2, 0.25) is 0 Å². The van der Waals surface area contributed by atoms with Crippen LogP contribution in [-0.4, -0.2) is 61.5 Å². The molecule has 0 aliphatic carbocycles. The number of piperazine rings is 1. The second-order valence-corrected chi connectivity index (χ2v) is 6.19. The highest BCUT2D eigenvalue weighted by Crippen LogP contribution is 2.23. The molecule has 0 unspecified atom stereocenters. The van der Waals surface area contributed by atoms with Gasteiger partial charge in [0.1, 0.15) is 11.5 Å². The second kappa shape index (κ2) is 8.69. The molecule has 8 heteroatoms. The number of para-hydroxylation sites is 1. The molecule has 1 fully saturated rings. The number of amides is 2. The van der Waals surface area contributed by atoms with Gasteiger partial charge in [-0.1, -0.05) is 12.1 Å². The van der Waals surface area contributed by atoms with Crippen molar-refractivity contribution in [1.29, 1.82) is 0 Å². The molecule has 0 N–H and O–H groups in total. The maximum atomic E-state index is 12.7. The standard InChI is InChI=1S/C20H20F2N2O4/c1-27-15-8-6-14(7-9-15)18(25)23-10-12-24(13-11-23)19(26)16-4-2-3-5-17(16)28-20(21)22/h2-9,20H,10-13H2,1H3. The van der Waals surface area contributed by atoms with Gasteiger partial charge in [-0.3, -0.25) is 9.59 Å². The summed E-state index contributed by atoms with van der Waals surface area (Å²) < 4.78 is 34.6. The van der Waals surface area contributed by atoms with Gasteiger partial charge in [-0.25, -0.2) is 0 Å². The number of hydrogen-bond acceptors (Lipinski definition) is 4. The fraction of sp³-hybridized carbons (Fsp3) is 0.300. The summed E-state index contributed by atoms with van der Waals surface area (Å²) in [7, 11) is 1.55. The monoisotopic (exact) mass is 390 g/mol. The Morgan fingerprint density at radius 2 is 1.46 bits per heavy atom. The minimum Gasteiger partial charge on any atom is -0.497 e. The minimum absolute atomic E-state index is 0.0812. The molecule has 0 aromatic heterocycles. The molecule has 0 radical (unpaired) electrons. The molecular formula is C20H20F2N2O4. The van der Waals surface area contributed by atoms with E-state index in [0.29, 0.717) is 37.5 Å². The van der Waals surface area contributed by atoms with Crippen molar-refractivity contribution < 1.29 is 27.8 Å². The van der Waals surface area contributed by atoms with Crippen molar-refractivity contribution in [3.05, 3.63) is 59.7 Å². The van der Waals surface area contributed by atoms with Crippen LogP contribution in [0.3, 0.4) is 0 Å². The third kappa shape index (κ3) is 4.39. The Bertz CT molecular complexity index is 834. The van der Waals surface area contributed by atoms with Gasteiger partial charge in [-0.05, 0) is 36.4 Å². The summed E-state index contributed by atoms with van der Waals surface area (Å²) in [6, 6.07) is 12.7. The quantitative estimate of drug-likeness (QED) is 0.788. The lowest BCUT2D eigenvalue weighted by Crippen LogP contribution is -2.50. The number of ether oxygens (including phenoxy) is 2. The number of rotatable bonds is 5. The number of benzene rings is 2. The van der Waals surface area contributed by atoms with Gasteiger partial charge in [-0.2, -0.15) is 8.78 Å². The number of alkyl halides is 2. The molecule has 1 heterocycles. The van der Waals surface area contributed by atoms with E-state index < -0.39 is 12.5 Å². The maximum absolute atomic E-state index is 12.7. The molecule has 0 spiro atoms. The lowest BCUT2D eigenvalue weighted by molar-refractivity contribution is -0.0503. The van der Waals surface area contributed by atoms with Crippen molar-refractivity contribution in [1.82, 2.24) is 9.80 Å². The Morgan fingerprint density at radius 3 is 2.04 bits per heavy atom. The van der Waals surface area contributed by atoms with Crippen LogP contribution >= 0.6 is 0 Å². The van der Waals surface area contributed by atoms with Gasteiger partial charge in [0.25, 0.3) is 11.8 Å². The number of hydrogen-bond donors (Lipinski definition) is 0. The molecule has 0 atom stereocenters. The number of carbonyl (C=O) groups is 2. The molecule has 3 rings (SSSR count). The van der Waals surface area contributed by atoms with Gasteiger partial charge in [-0.15, -0.1) is 0 Å². The highest BCUT2D eigenvalue weighted by atomic mass is 19.3. The first-order chi connectivity index (χ1) is 13.5. The highest BCUT2D eigenvalue weighted by Gasteiger charge is 2.27. The lowest BCUT2D eigenvalue weighted by Gasteiger charge is -2.35. The van der Waals surface area contributed by atoms with Gasteiger partial charge in [0.05, 0.1) is 12.7 Å². The van der Waals surface area contributed by atoms with Gasteiger partial charge >= 0.3 is 6.61 Å². The summed E-state index contributed by atoms with van der Waals surface area (Å²) in [6.45, 7) is -1.68. The van der Waals surface area contributed by atoms with Crippen LogP contribution in [0.4, 0.5) is 8.78 Å². The van der Waals surface area contributed by atoms with E-state index in [-0.39, 0.29) is 17.2 Å². The van der Waals surface area contributed by atoms with E-state index in [9.17, 15) is 18.4 Å². The number of halogens is 2. The van der Waals surface area contributed by atoms with Crippen molar-refractivity contribution in [3.8, 4) is 11.5 Å². The summed E-state index contributed by atoms with van der Waals surface area (Å²) in [5, 5.41) is 0. The van der Waals surface area contributed by atoms with Crippen LogP contribution in [0.15, 0.2) is 48.5 Å². The predicted molar refractivity (Wildman–Crippen MR) is 97.9 cm³/mol. The van der Waals surface area contributed by atoms with Crippen LogP contribution in [-0.2, 0) is 0 Å². The highest BCUT2D eigenvalue weighted by molar-refractivity contribution is 5.97. The van der Waals surface area contributed by atoms with Crippen LogP contribution < -0.4 is 9.47 Å². The van der Waals surface area contributed by atoms with E-state index >= 15 is 0 Å². The first-order valence-electron chi connectivity index (χ1n) is 8.76. The summed E-state index contributed by atoms with van der Waals surface area (Å²) in [5.74, 6) is -0.0140. The van der Waals surface area contributed by atoms with Crippen molar-refractivity contribution in [2.45, 2.75) is 6.61 Å². The maximum Gasteiger partial charge on any atom is 0.387 e. The van der Waals surface area contributed by atoms with Crippen molar-refractivity contribution >= 4 is 11.8 Å². The van der Waals surface area contributed by atoms with Crippen LogP contribution in [0.1, 0.15) is 20.7 Å². The molecule has 0 saturated carbocycles. The number of nitrogens with zero attached hydrogens (tertiary/aromatic N) is 2. The average molecular weight is 390 g/mol. The largest absolute Gasteiger partial charge is 0.497 e. The molecule has 1 aliphatic heterocycles. The predicted octanol–water partition coefficient (Wildman–Crippen LogP) is 2.89. The van der Waals surface area contributed by atoms with Gasteiger partial charge < -0.3 is 19.3 Å². The normalized spacial score (nSPS) is 14.1. The van der Waals surface area contributed by atoms with Crippen molar-refractivity contribution in [2.24, 2.45) is 0 Å². The third-order valence-corrected chi connectivity index (χ3v) is 4.52. The fourth-order valence-corrected chi connectivity index (χ4v) is 3.04. The molecule has 0 bridgehead atoms. The smallest absolute Gasteiger partial charge is 0.387 e. The van der Waals surface area contributed by atoms with Crippen LogP contribution in [0, 0.1) is 0 Å². The first kappa shape index (κ1) is 19.6. The Labute approximate surface area is 161 Å². The summed E-state index contributed by atoms with van der Waals surface area (Å²) >= 11 is 0. The molecule has 2 aromatic carbocycles.